The Kier molecular flexibility index (Phi) is 5.73. The molecule has 1 aliphatic heterocycles. The number of anilines is 1. The molecule has 26 heavy (non-hydrogen) atoms. The zero-order valence-electron chi connectivity index (χ0n) is 14.3. The number of benzene rings is 1. The summed E-state index contributed by atoms with van der Waals surface area (Å²) in [6.07, 6.45) is 1.25. The van der Waals surface area contributed by atoms with Gasteiger partial charge in [0.05, 0.1) is 0 Å². The van der Waals surface area contributed by atoms with Crippen molar-refractivity contribution in [3.8, 4) is 0 Å². The van der Waals surface area contributed by atoms with Gasteiger partial charge in [0.1, 0.15) is 5.82 Å². The van der Waals surface area contributed by atoms with Crippen LogP contribution in [0.3, 0.4) is 0 Å². The molecule has 1 N–H and O–H groups in total. The summed E-state index contributed by atoms with van der Waals surface area (Å²) in [5.74, 6) is 0.0604. The number of aromatic nitrogens is 2. The first-order valence-electron chi connectivity index (χ1n) is 8.47. The van der Waals surface area contributed by atoms with E-state index in [1.165, 1.54) is 6.07 Å². The fourth-order valence-corrected chi connectivity index (χ4v) is 2.77. The SMILES string of the molecule is O=CN1CCN(c2ccc(C(=O)NCCc3ccccc3F)nn2)CC1. The Labute approximate surface area is 150 Å². The number of nitrogens with one attached hydrogen (secondary N) is 1. The van der Waals surface area contributed by atoms with E-state index in [0.29, 0.717) is 50.5 Å². The van der Waals surface area contributed by atoms with Crippen LogP contribution in [0, 0.1) is 5.82 Å². The Morgan fingerprint density at radius 1 is 1.12 bits per heavy atom. The lowest BCUT2D eigenvalue weighted by Gasteiger charge is -2.32. The Bertz CT molecular complexity index is 760. The van der Waals surface area contributed by atoms with Crippen molar-refractivity contribution in [1.82, 2.24) is 20.4 Å². The van der Waals surface area contributed by atoms with Gasteiger partial charge in [-0.15, -0.1) is 10.2 Å². The summed E-state index contributed by atoms with van der Waals surface area (Å²) >= 11 is 0. The molecule has 1 aliphatic rings. The maximum Gasteiger partial charge on any atom is 0.271 e. The van der Waals surface area contributed by atoms with Gasteiger partial charge < -0.3 is 15.1 Å². The fourth-order valence-electron chi connectivity index (χ4n) is 2.77. The van der Waals surface area contributed by atoms with Crippen molar-refractivity contribution in [2.45, 2.75) is 6.42 Å². The first-order valence-corrected chi connectivity index (χ1v) is 8.47. The minimum Gasteiger partial charge on any atom is -0.352 e. The van der Waals surface area contributed by atoms with Gasteiger partial charge >= 0.3 is 0 Å². The Balaban J connectivity index is 1.51. The van der Waals surface area contributed by atoms with Crippen LogP contribution in [-0.2, 0) is 11.2 Å². The fraction of sp³-hybridized carbons (Fsp3) is 0.333. The maximum absolute atomic E-state index is 13.5. The third kappa shape index (κ3) is 4.33. The maximum atomic E-state index is 13.5. The van der Waals surface area contributed by atoms with Gasteiger partial charge in [-0.2, -0.15) is 0 Å². The second-order valence-electron chi connectivity index (χ2n) is 6.00. The molecule has 1 aromatic carbocycles. The largest absolute Gasteiger partial charge is 0.352 e. The molecule has 2 heterocycles. The third-order valence-corrected chi connectivity index (χ3v) is 4.31. The highest BCUT2D eigenvalue weighted by Gasteiger charge is 2.17. The van der Waals surface area contributed by atoms with E-state index in [-0.39, 0.29) is 17.4 Å². The van der Waals surface area contributed by atoms with Crippen molar-refractivity contribution in [1.29, 1.82) is 0 Å². The quantitative estimate of drug-likeness (QED) is 0.776. The average Bonchev–Trinajstić information content (AvgIpc) is 2.69. The third-order valence-electron chi connectivity index (χ3n) is 4.31. The number of amides is 2. The lowest BCUT2D eigenvalue weighted by molar-refractivity contribution is -0.118. The van der Waals surface area contributed by atoms with Crippen molar-refractivity contribution >= 4 is 18.1 Å². The molecule has 0 spiro atoms. The number of halogens is 1. The zero-order chi connectivity index (χ0) is 18.4. The second kappa shape index (κ2) is 8.37. The van der Waals surface area contributed by atoms with Crippen LogP contribution in [0.1, 0.15) is 16.1 Å². The number of rotatable bonds is 6. The van der Waals surface area contributed by atoms with Crippen molar-refractivity contribution in [2.75, 3.05) is 37.6 Å². The van der Waals surface area contributed by atoms with E-state index in [1.54, 1.807) is 35.2 Å². The van der Waals surface area contributed by atoms with E-state index < -0.39 is 0 Å². The summed E-state index contributed by atoms with van der Waals surface area (Å²) < 4.78 is 13.5. The van der Waals surface area contributed by atoms with E-state index in [4.69, 9.17) is 0 Å². The van der Waals surface area contributed by atoms with Gasteiger partial charge in [-0.25, -0.2) is 4.39 Å². The Hall–Kier alpha value is -3.03. The number of carbonyl (C=O) groups is 2. The molecule has 7 nitrogen and oxygen atoms in total. The molecule has 136 valence electrons. The smallest absolute Gasteiger partial charge is 0.271 e. The molecular formula is C18H20FN5O2. The zero-order valence-corrected chi connectivity index (χ0v) is 14.3. The summed E-state index contributed by atoms with van der Waals surface area (Å²) in [4.78, 5) is 26.6. The molecule has 1 aromatic heterocycles. The highest BCUT2D eigenvalue weighted by atomic mass is 19.1. The van der Waals surface area contributed by atoms with Gasteiger partial charge in [0.15, 0.2) is 11.5 Å². The summed E-state index contributed by atoms with van der Waals surface area (Å²) in [5, 5.41) is 10.8. The molecule has 0 radical (unpaired) electrons. The van der Waals surface area contributed by atoms with E-state index in [9.17, 15) is 14.0 Å². The van der Waals surface area contributed by atoms with Gasteiger partial charge in [0.25, 0.3) is 5.91 Å². The van der Waals surface area contributed by atoms with E-state index in [0.717, 1.165) is 6.41 Å². The molecule has 0 saturated carbocycles. The number of piperazine rings is 1. The van der Waals surface area contributed by atoms with Crippen LogP contribution in [0.25, 0.3) is 0 Å². The number of hydrogen-bond donors (Lipinski definition) is 1. The molecule has 0 atom stereocenters. The summed E-state index contributed by atoms with van der Waals surface area (Å²) in [6, 6.07) is 9.85. The van der Waals surface area contributed by atoms with Gasteiger partial charge in [0.2, 0.25) is 6.41 Å². The second-order valence-corrected chi connectivity index (χ2v) is 6.00. The molecule has 0 aliphatic carbocycles. The first-order chi connectivity index (χ1) is 12.7. The van der Waals surface area contributed by atoms with E-state index >= 15 is 0 Å². The highest BCUT2D eigenvalue weighted by Crippen LogP contribution is 2.12. The number of carbonyl (C=O) groups excluding carboxylic acids is 2. The first kappa shape index (κ1) is 17.8. The summed E-state index contributed by atoms with van der Waals surface area (Å²) in [7, 11) is 0. The van der Waals surface area contributed by atoms with E-state index in [2.05, 4.69) is 15.5 Å². The average molecular weight is 357 g/mol. The number of hydrogen-bond acceptors (Lipinski definition) is 5. The van der Waals surface area contributed by atoms with Crippen LogP contribution in [0.4, 0.5) is 10.2 Å². The lowest BCUT2D eigenvalue weighted by atomic mass is 10.1. The minimum atomic E-state index is -0.342. The predicted molar refractivity (Wildman–Crippen MR) is 94.3 cm³/mol. The molecule has 2 amide bonds. The topological polar surface area (TPSA) is 78.4 Å². The van der Waals surface area contributed by atoms with Crippen molar-refractivity contribution in [2.24, 2.45) is 0 Å². The molecule has 0 unspecified atom stereocenters. The van der Waals surface area contributed by atoms with E-state index in [1.807, 2.05) is 4.90 Å². The van der Waals surface area contributed by atoms with Crippen molar-refractivity contribution in [3.63, 3.8) is 0 Å². The van der Waals surface area contributed by atoms with Gasteiger partial charge in [-0.05, 0) is 30.2 Å². The normalized spacial score (nSPS) is 14.2. The Morgan fingerprint density at radius 2 is 1.88 bits per heavy atom. The molecule has 3 rings (SSSR count). The van der Waals surface area contributed by atoms with Crippen LogP contribution < -0.4 is 10.2 Å². The lowest BCUT2D eigenvalue weighted by Crippen LogP contribution is -2.46. The van der Waals surface area contributed by atoms with Gasteiger partial charge in [-0.1, -0.05) is 18.2 Å². The molecular weight excluding hydrogens is 337 g/mol. The Morgan fingerprint density at radius 3 is 2.54 bits per heavy atom. The monoisotopic (exact) mass is 357 g/mol. The molecule has 1 saturated heterocycles. The molecule has 8 heteroatoms. The van der Waals surface area contributed by atoms with Crippen molar-refractivity contribution < 1.29 is 14.0 Å². The highest BCUT2D eigenvalue weighted by molar-refractivity contribution is 5.92. The predicted octanol–water partition coefficient (Wildman–Crippen LogP) is 0.867. The summed E-state index contributed by atoms with van der Waals surface area (Å²) in [5.41, 5.74) is 0.775. The van der Waals surface area contributed by atoms with Gasteiger partial charge in [0, 0.05) is 32.7 Å². The molecule has 1 fully saturated rings. The van der Waals surface area contributed by atoms with Crippen LogP contribution in [-0.4, -0.2) is 60.1 Å². The van der Waals surface area contributed by atoms with Crippen LogP contribution in [0.2, 0.25) is 0 Å². The molecule has 2 aromatic rings. The van der Waals surface area contributed by atoms with Crippen LogP contribution in [0.15, 0.2) is 36.4 Å². The minimum absolute atomic E-state index is 0.216. The van der Waals surface area contributed by atoms with Gasteiger partial charge in [-0.3, -0.25) is 9.59 Å². The standard InChI is InChI=1S/C18H20FN5O2/c19-15-4-2-1-3-14(15)7-8-20-18(26)16-5-6-17(22-21-16)24-11-9-23(13-25)10-12-24/h1-6,13H,7-12H2,(H,20,26). The molecule has 0 bridgehead atoms. The van der Waals surface area contributed by atoms with Crippen molar-refractivity contribution in [3.05, 3.63) is 53.5 Å². The summed E-state index contributed by atoms with van der Waals surface area (Å²) in [6.45, 7) is 2.97. The van der Waals surface area contributed by atoms with Crippen LogP contribution >= 0.6 is 0 Å². The number of nitrogens with zero attached hydrogens (tertiary/aromatic N) is 4. The van der Waals surface area contributed by atoms with Crippen LogP contribution in [0.5, 0.6) is 0 Å².